The van der Waals surface area contributed by atoms with Gasteiger partial charge in [-0.3, -0.25) is 0 Å². The molecule has 1 saturated heterocycles. The van der Waals surface area contributed by atoms with Crippen molar-refractivity contribution in [3.05, 3.63) is 14.7 Å². The topological polar surface area (TPSA) is 67.4 Å². The fourth-order valence-corrected chi connectivity index (χ4v) is 5.87. The van der Waals surface area contributed by atoms with E-state index in [2.05, 4.69) is 26.0 Å². The molecule has 0 spiro atoms. The maximum Gasteiger partial charge on any atom is 0.242 e. The molecule has 1 aromatic rings. The summed E-state index contributed by atoms with van der Waals surface area (Å²) in [6, 6.07) is 1.71. The molecule has 1 aliphatic heterocycles. The first-order valence-corrected chi connectivity index (χ1v) is 9.62. The van der Waals surface area contributed by atoms with Gasteiger partial charge < -0.3 is 10.1 Å². The first-order valence-electron chi connectivity index (χ1n) is 6.53. The average Bonchev–Trinajstić information content (AvgIpc) is 2.99. The van der Waals surface area contributed by atoms with Gasteiger partial charge in [-0.15, -0.1) is 11.3 Å². The fourth-order valence-electron chi connectivity index (χ4n) is 2.13. The quantitative estimate of drug-likeness (QED) is 0.755. The standard InChI is InChI=1S/C12H19BrN2O3S2/c1-14-7-10-6-11(12(13)19-10)20(16,17)15-4-2-9-3-5-18-8-9/h6,9,14-15H,2-5,7-8H2,1H3. The number of sulfonamides is 1. The monoisotopic (exact) mass is 382 g/mol. The zero-order valence-corrected chi connectivity index (χ0v) is 14.5. The van der Waals surface area contributed by atoms with Gasteiger partial charge in [0.25, 0.3) is 0 Å². The molecule has 0 aromatic carbocycles. The molecule has 0 aliphatic carbocycles. The highest BCUT2D eigenvalue weighted by atomic mass is 79.9. The molecule has 0 bridgehead atoms. The molecule has 2 N–H and O–H groups in total. The van der Waals surface area contributed by atoms with E-state index in [0.717, 1.165) is 30.9 Å². The Morgan fingerprint density at radius 3 is 3.00 bits per heavy atom. The number of hydrogen-bond acceptors (Lipinski definition) is 5. The Hall–Kier alpha value is 0.01000. The lowest BCUT2D eigenvalue weighted by Crippen LogP contribution is -2.26. The Morgan fingerprint density at radius 2 is 2.35 bits per heavy atom. The molecule has 20 heavy (non-hydrogen) atoms. The van der Waals surface area contributed by atoms with E-state index in [4.69, 9.17) is 4.74 Å². The highest BCUT2D eigenvalue weighted by Gasteiger charge is 2.22. The molecule has 1 aromatic heterocycles. The second-order valence-corrected chi connectivity index (χ2v) is 8.99. The third kappa shape index (κ3) is 4.25. The van der Waals surface area contributed by atoms with Crippen molar-refractivity contribution in [1.29, 1.82) is 0 Å². The van der Waals surface area contributed by atoms with Gasteiger partial charge in [-0.2, -0.15) is 0 Å². The van der Waals surface area contributed by atoms with Crippen molar-refractivity contribution in [1.82, 2.24) is 10.0 Å². The predicted octanol–water partition coefficient (Wildman–Crippen LogP) is 1.93. The number of thiophene rings is 1. The lowest BCUT2D eigenvalue weighted by Gasteiger charge is -2.09. The van der Waals surface area contributed by atoms with Gasteiger partial charge >= 0.3 is 0 Å². The van der Waals surface area contributed by atoms with E-state index in [-0.39, 0.29) is 0 Å². The van der Waals surface area contributed by atoms with E-state index in [9.17, 15) is 8.42 Å². The zero-order chi connectivity index (χ0) is 14.6. The number of nitrogens with one attached hydrogen (secondary N) is 2. The Kier molecular flexibility index (Phi) is 6.00. The van der Waals surface area contributed by atoms with Gasteiger partial charge in [0, 0.05) is 31.2 Å². The van der Waals surface area contributed by atoms with Crippen molar-refractivity contribution in [2.45, 2.75) is 24.3 Å². The van der Waals surface area contributed by atoms with E-state index in [0.29, 0.717) is 27.7 Å². The van der Waals surface area contributed by atoms with Gasteiger partial charge in [0.05, 0.1) is 3.79 Å². The van der Waals surface area contributed by atoms with Crippen LogP contribution in [0, 0.1) is 5.92 Å². The third-order valence-electron chi connectivity index (χ3n) is 3.22. The molecule has 1 atom stereocenters. The second kappa shape index (κ2) is 7.33. The highest BCUT2D eigenvalue weighted by Crippen LogP contribution is 2.31. The molecule has 0 saturated carbocycles. The molecular weight excluding hydrogens is 364 g/mol. The minimum Gasteiger partial charge on any atom is -0.381 e. The zero-order valence-electron chi connectivity index (χ0n) is 11.3. The summed E-state index contributed by atoms with van der Waals surface area (Å²) < 4.78 is 33.1. The van der Waals surface area contributed by atoms with Crippen molar-refractivity contribution in [3.63, 3.8) is 0 Å². The van der Waals surface area contributed by atoms with E-state index in [1.54, 1.807) is 6.07 Å². The van der Waals surface area contributed by atoms with Gasteiger partial charge in [-0.1, -0.05) is 0 Å². The largest absolute Gasteiger partial charge is 0.381 e. The van der Waals surface area contributed by atoms with Gasteiger partial charge in [-0.05, 0) is 47.8 Å². The van der Waals surface area contributed by atoms with E-state index < -0.39 is 10.0 Å². The summed E-state index contributed by atoms with van der Waals surface area (Å²) in [6.07, 6.45) is 1.85. The third-order valence-corrected chi connectivity index (χ3v) is 6.93. The Morgan fingerprint density at radius 1 is 1.55 bits per heavy atom. The van der Waals surface area contributed by atoms with Crippen molar-refractivity contribution in [3.8, 4) is 0 Å². The van der Waals surface area contributed by atoms with Gasteiger partial charge in [-0.25, -0.2) is 13.1 Å². The average molecular weight is 383 g/mol. The smallest absolute Gasteiger partial charge is 0.242 e. The van der Waals surface area contributed by atoms with Crippen molar-refractivity contribution >= 4 is 37.3 Å². The number of rotatable bonds is 7. The summed E-state index contributed by atoms with van der Waals surface area (Å²) in [5, 5.41) is 3.02. The summed E-state index contributed by atoms with van der Waals surface area (Å²) in [5.41, 5.74) is 0. The summed E-state index contributed by atoms with van der Waals surface area (Å²) in [6.45, 7) is 2.66. The maximum atomic E-state index is 12.3. The molecule has 1 aliphatic rings. The lowest BCUT2D eigenvalue weighted by atomic mass is 10.1. The van der Waals surface area contributed by atoms with Gasteiger partial charge in [0.1, 0.15) is 4.90 Å². The summed E-state index contributed by atoms with van der Waals surface area (Å²) in [7, 11) is -1.60. The fraction of sp³-hybridized carbons (Fsp3) is 0.667. The SMILES string of the molecule is CNCc1cc(S(=O)(=O)NCCC2CCOC2)c(Br)s1. The molecule has 8 heteroatoms. The van der Waals surface area contributed by atoms with Gasteiger partial charge in [0.15, 0.2) is 0 Å². The molecule has 5 nitrogen and oxygen atoms in total. The minimum atomic E-state index is -3.44. The predicted molar refractivity (Wildman–Crippen MR) is 83.5 cm³/mol. The van der Waals surface area contributed by atoms with Crippen molar-refractivity contribution in [2.75, 3.05) is 26.8 Å². The van der Waals surface area contributed by atoms with Crippen LogP contribution in [0.2, 0.25) is 0 Å². The van der Waals surface area contributed by atoms with Crippen LogP contribution in [0.4, 0.5) is 0 Å². The van der Waals surface area contributed by atoms with Crippen molar-refractivity contribution < 1.29 is 13.2 Å². The molecule has 1 unspecified atom stereocenters. The normalized spacial score (nSPS) is 19.6. The second-order valence-electron chi connectivity index (χ2n) is 4.80. The lowest BCUT2D eigenvalue weighted by molar-refractivity contribution is 0.184. The van der Waals surface area contributed by atoms with Crippen LogP contribution in [0.5, 0.6) is 0 Å². The van der Waals surface area contributed by atoms with Crippen LogP contribution in [-0.4, -0.2) is 35.2 Å². The van der Waals surface area contributed by atoms with Crippen LogP contribution in [0.1, 0.15) is 17.7 Å². The van der Waals surface area contributed by atoms with Crippen LogP contribution < -0.4 is 10.0 Å². The highest BCUT2D eigenvalue weighted by molar-refractivity contribution is 9.11. The Bertz CT molecular complexity index is 539. The Labute approximate surface area is 132 Å². The van der Waals surface area contributed by atoms with E-state index in [1.165, 1.54) is 11.3 Å². The van der Waals surface area contributed by atoms with E-state index in [1.807, 2.05) is 7.05 Å². The summed E-state index contributed by atoms with van der Waals surface area (Å²) >= 11 is 4.77. The van der Waals surface area contributed by atoms with Gasteiger partial charge in [0.2, 0.25) is 10.0 Å². The molecule has 0 radical (unpaired) electrons. The van der Waals surface area contributed by atoms with Crippen LogP contribution in [0.15, 0.2) is 14.7 Å². The molecule has 2 rings (SSSR count). The maximum absolute atomic E-state index is 12.3. The molecule has 114 valence electrons. The molecular formula is C12H19BrN2O3S2. The van der Waals surface area contributed by atoms with E-state index >= 15 is 0 Å². The number of halogens is 1. The number of ether oxygens (including phenoxy) is 1. The van der Waals surface area contributed by atoms with Crippen molar-refractivity contribution in [2.24, 2.45) is 5.92 Å². The summed E-state index contributed by atoms with van der Waals surface area (Å²) in [4.78, 5) is 1.32. The first kappa shape index (κ1) is 16.4. The summed E-state index contributed by atoms with van der Waals surface area (Å²) in [5.74, 6) is 0.475. The van der Waals surface area contributed by atoms with Crippen LogP contribution >= 0.6 is 27.3 Å². The molecule has 0 amide bonds. The van der Waals surface area contributed by atoms with Crippen LogP contribution in [0.25, 0.3) is 0 Å². The molecule has 1 fully saturated rings. The Balaban J connectivity index is 1.94. The number of hydrogen-bond donors (Lipinski definition) is 2. The minimum absolute atomic E-state index is 0.329. The first-order chi connectivity index (χ1) is 9.53. The van der Waals surface area contributed by atoms with Crippen LogP contribution in [0.3, 0.4) is 0 Å². The molecule has 2 heterocycles. The van der Waals surface area contributed by atoms with Crippen LogP contribution in [-0.2, 0) is 21.3 Å².